The molecule has 0 unspecified atom stereocenters. The highest BCUT2D eigenvalue weighted by atomic mass is 35.5. The second kappa shape index (κ2) is 12.2. The molecule has 5 atom stereocenters. The van der Waals surface area contributed by atoms with Gasteiger partial charge in [0, 0.05) is 55.7 Å². The first-order valence-electron chi connectivity index (χ1n) is 12.9. The van der Waals surface area contributed by atoms with E-state index in [9.17, 15) is 4.79 Å². The van der Waals surface area contributed by atoms with Crippen molar-refractivity contribution in [2.45, 2.75) is 50.4 Å². The maximum Gasteiger partial charge on any atom is 0.230 e. The van der Waals surface area contributed by atoms with Gasteiger partial charge in [-0.2, -0.15) is 0 Å². The fourth-order valence-electron chi connectivity index (χ4n) is 5.01. The molecule has 2 fully saturated rings. The average Bonchev–Trinajstić information content (AvgIpc) is 3.55. The summed E-state index contributed by atoms with van der Waals surface area (Å²) >= 11 is 0. The summed E-state index contributed by atoms with van der Waals surface area (Å²) in [7, 11) is 1.65. The highest BCUT2D eigenvalue weighted by Gasteiger charge is 2.47. The first-order valence-corrected chi connectivity index (χ1v) is 12.9. The van der Waals surface area contributed by atoms with Crippen molar-refractivity contribution in [2.75, 3.05) is 25.2 Å². The molecule has 1 aromatic heterocycles. The molecule has 196 valence electrons. The van der Waals surface area contributed by atoms with E-state index in [0.717, 1.165) is 48.4 Å². The number of benzene rings is 2. The van der Waals surface area contributed by atoms with Crippen molar-refractivity contribution in [1.29, 1.82) is 0 Å². The molecule has 1 aliphatic heterocycles. The zero-order valence-electron chi connectivity index (χ0n) is 21.5. The van der Waals surface area contributed by atoms with Crippen LogP contribution < -0.4 is 10.6 Å². The zero-order chi connectivity index (χ0) is 25.1. The monoisotopic (exact) mass is 521 g/mol. The van der Waals surface area contributed by atoms with E-state index in [-0.39, 0.29) is 48.4 Å². The van der Waals surface area contributed by atoms with E-state index in [1.807, 2.05) is 42.2 Å². The maximum atomic E-state index is 13.6. The Bertz CT molecular complexity index is 1150. The molecule has 3 aromatic rings. The number of hydrogen-bond acceptors (Lipinski definition) is 5. The molecule has 1 saturated carbocycles. The van der Waals surface area contributed by atoms with Crippen LogP contribution in [0.4, 0.5) is 5.69 Å². The molecule has 0 spiro atoms. The Labute approximate surface area is 225 Å². The number of rotatable bonds is 9. The molecule has 2 heterocycles. The third-order valence-corrected chi connectivity index (χ3v) is 7.53. The quantitative estimate of drug-likeness (QED) is 0.401. The van der Waals surface area contributed by atoms with E-state index in [4.69, 9.17) is 15.2 Å². The highest BCUT2D eigenvalue weighted by Crippen LogP contribution is 2.48. The van der Waals surface area contributed by atoms with E-state index in [1.54, 1.807) is 13.3 Å². The summed E-state index contributed by atoms with van der Waals surface area (Å²) in [6.45, 7) is 3.18. The second-order valence-electron chi connectivity index (χ2n) is 9.93. The largest absolute Gasteiger partial charge is 0.380 e. The standard InChI is InChI=1S/C30H35N3O3.ClH/c1-20(35-2)27(31)19-33(30(34)26-18-25(26)28-6-3-4-16-32-28)24-14-12-22(13-15-24)21-8-10-23(11-9-21)29-7-5-17-36-29;/h3-4,6,8-16,20,25-27,29H,5,7,17-19,31H2,1-2H3;1H/t20-,25-,26-,27-,29+;/m1./s1. The van der Waals surface area contributed by atoms with E-state index < -0.39 is 0 Å². The van der Waals surface area contributed by atoms with Gasteiger partial charge in [0.2, 0.25) is 5.91 Å². The van der Waals surface area contributed by atoms with Gasteiger partial charge in [-0.05, 0) is 67.1 Å². The van der Waals surface area contributed by atoms with Gasteiger partial charge in [-0.25, -0.2) is 0 Å². The summed E-state index contributed by atoms with van der Waals surface area (Å²) in [5.41, 5.74) is 11.7. The fraction of sp³-hybridized carbons (Fsp3) is 0.400. The number of halogens is 1. The van der Waals surface area contributed by atoms with E-state index in [2.05, 4.69) is 41.4 Å². The molecule has 1 amide bonds. The van der Waals surface area contributed by atoms with Crippen LogP contribution in [0.3, 0.4) is 0 Å². The number of nitrogens with two attached hydrogens (primary N) is 1. The lowest BCUT2D eigenvalue weighted by Crippen LogP contribution is -2.47. The molecule has 7 heteroatoms. The number of carbonyl (C=O) groups is 1. The number of amides is 1. The maximum absolute atomic E-state index is 13.6. The van der Waals surface area contributed by atoms with Gasteiger partial charge in [0.15, 0.2) is 0 Å². The number of carbonyl (C=O) groups excluding carboxylic acids is 1. The van der Waals surface area contributed by atoms with Gasteiger partial charge in [-0.1, -0.05) is 42.5 Å². The summed E-state index contributed by atoms with van der Waals surface area (Å²) in [4.78, 5) is 19.9. The van der Waals surface area contributed by atoms with Crippen molar-refractivity contribution in [1.82, 2.24) is 4.98 Å². The van der Waals surface area contributed by atoms with Crippen LogP contribution in [0.1, 0.15) is 49.5 Å². The Hall–Kier alpha value is -2.77. The summed E-state index contributed by atoms with van der Waals surface area (Å²) < 4.78 is 11.2. The SMILES string of the molecule is CO[C@H](C)[C@H](N)CN(C(=O)[C@@H]1C[C@H]1c1ccccn1)c1ccc(-c2ccc([C@@H]3CCCO3)cc2)cc1.Cl. The van der Waals surface area contributed by atoms with Gasteiger partial charge in [-0.15, -0.1) is 12.4 Å². The van der Waals surface area contributed by atoms with Gasteiger partial charge < -0.3 is 20.1 Å². The van der Waals surface area contributed by atoms with Crippen LogP contribution in [0.15, 0.2) is 72.9 Å². The predicted molar refractivity (Wildman–Crippen MR) is 149 cm³/mol. The van der Waals surface area contributed by atoms with Crippen LogP contribution in [-0.4, -0.2) is 43.3 Å². The molecule has 2 aromatic carbocycles. The number of ether oxygens (including phenoxy) is 2. The lowest BCUT2D eigenvalue weighted by molar-refractivity contribution is -0.120. The fourth-order valence-corrected chi connectivity index (χ4v) is 5.01. The van der Waals surface area contributed by atoms with E-state index in [1.165, 1.54) is 5.56 Å². The van der Waals surface area contributed by atoms with Crippen molar-refractivity contribution in [3.8, 4) is 11.1 Å². The normalized spacial score (nSPS) is 22.1. The van der Waals surface area contributed by atoms with Gasteiger partial charge in [0.25, 0.3) is 0 Å². The summed E-state index contributed by atoms with van der Waals surface area (Å²) in [5.74, 6) is 0.187. The smallest absolute Gasteiger partial charge is 0.230 e. The van der Waals surface area contributed by atoms with Crippen molar-refractivity contribution in [3.63, 3.8) is 0 Å². The zero-order valence-corrected chi connectivity index (χ0v) is 22.3. The Morgan fingerprint density at radius 2 is 1.81 bits per heavy atom. The van der Waals surface area contributed by atoms with Crippen molar-refractivity contribution < 1.29 is 14.3 Å². The van der Waals surface area contributed by atoms with Crippen LogP contribution >= 0.6 is 12.4 Å². The Kier molecular flexibility index (Phi) is 8.98. The van der Waals surface area contributed by atoms with Crippen molar-refractivity contribution in [2.24, 2.45) is 11.7 Å². The van der Waals surface area contributed by atoms with Crippen LogP contribution in [0.5, 0.6) is 0 Å². The van der Waals surface area contributed by atoms with Crippen LogP contribution in [-0.2, 0) is 14.3 Å². The molecular formula is C30H36ClN3O3. The van der Waals surface area contributed by atoms with Gasteiger partial charge in [-0.3, -0.25) is 9.78 Å². The van der Waals surface area contributed by atoms with Crippen LogP contribution in [0, 0.1) is 5.92 Å². The molecule has 0 radical (unpaired) electrons. The molecule has 5 rings (SSSR count). The average molecular weight is 522 g/mol. The minimum atomic E-state index is -0.295. The van der Waals surface area contributed by atoms with Crippen LogP contribution in [0.25, 0.3) is 11.1 Å². The van der Waals surface area contributed by atoms with Crippen molar-refractivity contribution >= 4 is 24.0 Å². The third kappa shape index (κ3) is 6.21. The second-order valence-corrected chi connectivity index (χ2v) is 9.93. The topological polar surface area (TPSA) is 77.7 Å². The summed E-state index contributed by atoms with van der Waals surface area (Å²) in [6.07, 6.45) is 4.87. The summed E-state index contributed by atoms with van der Waals surface area (Å²) in [5, 5.41) is 0. The molecule has 2 aliphatic rings. The minimum Gasteiger partial charge on any atom is -0.380 e. The number of pyridine rings is 1. The summed E-state index contributed by atoms with van der Waals surface area (Å²) in [6, 6.07) is 22.4. The van der Waals surface area contributed by atoms with Crippen molar-refractivity contribution in [3.05, 3.63) is 84.2 Å². The number of anilines is 1. The third-order valence-electron chi connectivity index (χ3n) is 7.53. The van der Waals surface area contributed by atoms with Gasteiger partial charge >= 0.3 is 0 Å². The number of nitrogens with zero attached hydrogens (tertiary/aromatic N) is 2. The van der Waals surface area contributed by atoms with Crippen LogP contribution in [0.2, 0.25) is 0 Å². The molecule has 37 heavy (non-hydrogen) atoms. The molecule has 1 aliphatic carbocycles. The Balaban J connectivity index is 0.00000320. The molecule has 6 nitrogen and oxygen atoms in total. The first kappa shape index (κ1) is 27.3. The number of aromatic nitrogens is 1. The Morgan fingerprint density at radius 1 is 1.11 bits per heavy atom. The van der Waals surface area contributed by atoms with E-state index >= 15 is 0 Å². The first-order chi connectivity index (χ1) is 17.5. The van der Waals surface area contributed by atoms with E-state index in [0.29, 0.717) is 6.54 Å². The molecule has 0 bridgehead atoms. The highest BCUT2D eigenvalue weighted by molar-refractivity contribution is 5.97. The lowest BCUT2D eigenvalue weighted by Gasteiger charge is -2.29. The number of hydrogen-bond donors (Lipinski definition) is 1. The molecule has 1 saturated heterocycles. The van der Waals surface area contributed by atoms with Gasteiger partial charge in [0.05, 0.1) is 12.2 Å². The minimum absolute atomic E-state index is 0. The lowest BCUT2D eigenvalue weighted by atomic mass is 10.0. The molecular weight excluding hydrogens is 486 g/mol. The number of methoxy groups -OCH3 is 1. The predicted octanol–water partition coefficient (Wildman–Crippen LogP) is 5.52. The molecule has 2 N–H and O–H groups in total. The van der Waals surface area contributed by atoms with Gasteiger partial charge in [0.1, 0.15) is 0 Å². The Morgan fingerprint density at radius 3 is 2.41 bits per heavy atom.